The van der Waals surface area contributed by atoms with Crippen molar-refractivity contribution in [3.63, 3.8) is 0 Å². The highest BCUT2D eigenvalue weighted by Gasteiger charge is 2.19. The molecule has 2 rings (SSSR count). The van der Waals surface area contributed by atoms with Gasteiger partial charge in [-0.25, -0.2) is 0 Å². The van der Waals surface area contributed by atoms with Crippen molar-refractivity contribution in [1.29, 1.82) is 0 Å². The molecule has 0 saturated heterocycles. The Bertz CT molecular complexity index is 749. The van der Waals surface area contributed by atoms with E-state index in [1.807, 2.05) is 14.0 Å². The van der Waals surface area contributed by atoms with Gasteiger partial charge in [-0.15, -0.1) is 23.7 Å². The number of benzene rings is 1. The van der Waals surface area contributed by atoms with Crippen LogP contribution in [0.4, 0.5) is 5.00 Å². The molecule has 0 unspecified atom stereocenters. The van der Waals surface area contributed by atoms with Crippen molar-refractivity contribution in [2.45, 2.75) is 6.92 Å². The van der Waals surface area contributed by atoms with Crippen LogP contribution in [0.25, 0.3) is 0 Å². The lowest BCUT2D eigenvalue weighted by molar-refractivity contribution is 0.0800. The van der Waals surface area contributed by atoms with Gasteiger partial charge in [0.2, 0.25) is 0 Å². The van der Waals surface area contributed by atoms with E-state index < -0.39 is 0 Å². The molecule has 1 aromatic heterocycles. The molecule has 136 valence electrons. The maximum atomic E-state index is 12.5. The lowest BCUT2D eigenvalue weighted by Gasteiger charge is -2.16. The minimum atomic E-state index is -0.288. The highest BCUT2D eigenvalue weighted by Crippen LogP contribution is 2.28. The number of aryl methyl sites for hydroxylation is 1. The Balaban J connectivity index is 0.00000312. The number of nitrogens with one attached hydrogen (secondary N) is 2. The number of carbonyl (C=O) groups excluding carboxylic acids is 2. The Morgan fingerprint density at radius 2 is 1.96 bits per heavy atom. The minimum Gasteiger partial charge on any atom is -0.340 e. The quantitative estimate of drug-likeness (QED) is 0.775. The smallest absolute Gasteiger partial charge is 0.264 e. The second kappa shape index (κ2) is 9.77. The number of thiophene rings is 1. The number of nitrogens with zero attached hydrogens (tertiary/aromatic N) is 1. The average molecular weight is 402 g/mol. The third-order valence-electron chi connectivity index (χ3n) is 3.51. The molecule has 0 aliphatic rings. The number of anilines is 1. The van der Waals surface area contributed by atoms with Gasteiger partial charge in [0.05, 0.1) is 20.5 Å². The predicted molar refractivity (Wildman–Crippen MR) is 107 cm³/mol. The molecule has 0 spiro atoms. The summed E-state index contributed by atoms with van der Waals surface area (Å²) in [7, 11) is 3.61. The fourth-order valence-corrected chi connectivity index (χ4v) is 3.42. The molecule has 0 aliphatic heterocycles. The standard InChI is InChI=1S/C17H20ClN3O2S.ClH/c1-11-10-14(20-16(22)12-6-4-5-7-13(12)18)24-15(11)17(23)21(3)9-8-19-2;/h4-7,10,19H,8-9H2,1-3H3,(H,20,22);1H. The number of hydrogen-bond donors (Lipinski definition) is 2. The molecule has 2 N–H and O–H groups in total. The van der Waals surface area contributed by atoms with Crippen LogP contribution in [-0.4, -0.2) is 43.9 Å². The number of halogens is 2. The highest BCUT2D eigenvalue weighted by atomic mass is 35.5. The van der Waals surface area contributed by atoms with Gasteiger partial charge >= 0.3 is 0 Å². The van der Waals surface area contributed by atoms with Crippen molar-refractivity contribution in [2.24, 2.45) is 0 Å². The van der Waals surface area contributed by atoms with Gasteiger partial charge in [-0.3, -0.25) is 9.59 Å². The zero-order valence-electron chi connectivity index (χ0n) is 14.3. The Kier molecular flexibility index (Phi) is 8.38. The molecule has 0 fully saturated rings. The summed E-state index contributed by atoms with van der Waals surface area (Å²) in [6.07, 6.45) is 0. The van der Waals surface area contributed by atoms with Crippen LogP contribution < -0.4 is 10.6 Å². The summed E-state index contributed by atoms with van der Waals surface area (Å²) >= 11 is 7.31. The van der Waals surface area contributed by atoms with E-state index >= 15 is 0 Å². The van der Waals surface area contributed by atoms with Gasteiger partial charge in [-0.2, -0.15) is 0 Å². The first-order chi connectivity index (χ1) is 11.4. The van der Waals surface area contributed by atoms with Gasteiger partial charge in [0, 0.05) is 20.1 Å². The third kappa shape index (κ3) is 5.44. The van der Waals surface area contributed by atoms with Gasteiger partial charge in [-0.05, 0) is 37.7 Å². The van der Waals surface area contributed by atoms with Crippen LogP contribution in [-0.2, 0) is 0 Å². The molecule has 0 bridgehead atoms. The van der Waals surface area contributed by atoms with E-state index in [-0.39, 0.29) is 24.2 Å². The van der Waals surface area contributed by atoms with E-state index in [1.54, 1.807) is 42.3 Å². The number of hydrogen-bond acceptors (Lipinski definition) is 4. The largest absolute Gasteiger partial charge is 0.340 e. The normalized spacial score (nSPS) is 10.1. The fraction of sp³-hybridized carbons (Fsp3) is 0.294. The zero-order valence-corrected chi connectivity index (χ0v) is 16.6. The molecule has 0 saturated carbocycles. The molecule has 1 aromatic carbocycles. The summed E-state index contributed by atoms with van der Waals surface area (Å²) in [5.74, 6) is -0.338. The second-order valence-electron chi connectivity index (χ2n) is 5.39. The van der Waals surface area contributed by atoms with E-state index in [9.17, 15) is 9.59 Å². The monoisotopic (exact) mass is 401 g/mol. The predicted octanol–water partition coefficient (Wildman–Crippen LogP) is 3.68. The molecule has 2 aromatic rings. The van der Waals surface area contributed by atoms with Crippen LogP contribution in [0, 0.1) is 6.92 Å². The number of amides is 2. The molecule has 25 heavy (non-hydrogen) atoms. The lowest BCUT2D eigenvalue weighted by atomic mass is 10.2. The van der Waals surface area contributed by atoms with Gasteiger partial charge in [0.25, 0.3) is 11.8 Å². The Hall–Kier alpha value is -1.60. The molecular weight excluding hydrogens is 381 g/mol. The van der Waals surface area contributed by atoms with Gasteiger partial charge in [0.15, 0.2) is 0 Å². The summed E-state index contributed by atoms with van der Waals surface area (Å²) in [5, 5.41) is 6.85. The molecule has 0 radical (unpaired) electrons. The van der Waals surface area contributed by atoms with Crippen LogP contribution in [0.5, 0.6) is 0 Å². The number of rotatable bonds is 6. The van der Waals surface area contributed by atoms with E-state index in [1.165, 1.54) is 11.3 Å². The van der Waals surface area contributed by atoms with E-state index in [2.05, 4.69) is 10.6 Å². The zero-order chi connectivity index (χ0) is 17.7. The van der Waals surface area contributed by atoms with E-state index in [4.69, 9.17) is 11.6 Å². The topological polar surface area (TPSA) is 61.4 Å². The molecule has 1 heterocycles. The summed E-state index contributed by atoms with van der Waals surface area (Å²) < 4.78 is 0. The second-order valence-corrected chi connectivity index (χ2v) is 6.85. The maximum absolute atomic E-state index is 12.5. The summed E-state index contributed by atoms with van der Waals surface area (Å²) in [6.45, 7) is 3.21. The molecule has 0 atom stereocenters. The SMILES string of the molecule is CNCCN(C)C(=O)c1sc(NC(=O)c2ccccc2Cl)cc1C.Cl. The molecule has 5 nitrogen and oxygen atoms in total. The summed E-state index contributed by atoms with van der Waals surface area (Å²) in [4.78, 5) is 27.1. The van der Waals surface area contributed by atoms with Crippen molar-refractivity contribution in [3.05, 3.63) is 51.4 Å². The lowest BCUT2D eigenvalue weighted by Crippen LogP contribution is -2.32. The van der Waals surface area contributed by atoms with Crippen LogP contribution in [0.2, 0.25) is 5.02 Å². The Morgan fingerprint density at radius 3 is 2.60 bits per heavy atom. The first-order valence-corrected chi connectivity index (χ1v) is 8.70. The molecule has 2 amide bonds. The summed E-state index contributed by atoms with van der Waals surface area (Å²) in [5.41, 5.74) is 1.25. The van der Waals surface area contributed by atoms with Gasteiger partial charge in [-0.1, -0.05) is 23.7 Å². The maximum Gasteiger partial charge on any atom is 0.264 e. The van der Waals surface area contributed by atoms with Crippen LogP contribution >= 0.6 is 35.3 Å². The first-order valence-electron chi connectivity index (χ1n) is 7.50. The van der Waals surface area contributed by atoms with Crippen LogP contribution in [0.3, 0.4) is 0 Å². The first kappa shape index (κ1) is 21.4. The fourth-order valence-electron chi connectivity index (χ4n) is 2.14. The van der Waals surface area contributed by atoms with Crippen molar-refractivity contribution in [1.82, 2.24) is 10.2 Å². The van der Waals surface area contributed by atoms with Crippen molar-refractivity contribution in [3.8, 4) is 0 Å². The van der Waals surface area contributed by atoms with Crippen molar-refractivity contribution in [2.75, 3.05) is 32.5 Å². The molecule has 0 aliphatic carbocycles. The average Bonchev–Trinajstić information content (AvgIpc) is 2.92. The molecule has 8 heteroatoms. The molecular formula is C17H21Cl2N3O2S. The van der Waals surface area contributed by atoms with Gasteiger partial charge < -0.3 is 15.5 Å². The van der Waals surface area contributed by atoms with Crippen LogP contribution in [0.1, 0.15) is 25.6 Å². The van der Waals surface area contributed by atoms with Gasteiger partial charge in [0.1, 0.15) is 0 Å². The number of carbonyl (C=O) groups is 2. The Labute approximate surface area is 162 Å². The number of likely N-dealkylation sites (N-methyl/N-ethyl adjacent to an activating group) is 2. The Morgan fingerprint density at radius 1 is 1.28 bits per heavy atom. The highest BCUT2D eigenvalue weighted by molar-refractivity contribution is 7.18. The van der Waals surface area contributed by atoms with Crippen LogP contribution in [0.15, 0.2) is 30.3 Å². The van der Waals surface area contributed by atoms with Crippen molar-refractivity contribution < 1.29 is 9.59 Å². The third-order valence-corrected chi connectivity index (χ3v) is 4.98. The van der Waals surface area contributed by atoms with E-state index in [0.29, 0.717) is 27.0 Å². The van der Waals surface area contributed by atoms with Crippen molar-refractivity contribution >= 4 is 52.2 Å². The minimum absolute atomic E-state index is 0. The van der Waals surface area contributed by atoms with E-state index in [0.717, 1.165) is 12.1 Å². The summed E-state index contributed by atoms with van der Waals surface area (Å²) in [6, 6.07) is 8.66.